The Morgan fingerprint density at radius 3 is 2.80 bits per heavy atom. The number of nitrogens with one attached hydrogen (secondary N) is 1. The molecule has 0 saturated carbocycles. The van der Waals surface area contributed by atoms with Crippen molar-refractivity contribution in [2.24, 2.45) is 0 Å². The first-order chi connectivity index (χ1) is 9.67. The average Bonchev–Trinajstić information content (AvgIpc) is 2.99. The van der Waals surface area contributed by atoms with E-state index in [4.69, 9.17) is 16.3 Å². The first kappa shape index (κ1) is 13.9. The van der Waals surface area contributed by atoms with Crippen LogP contribution in [0.1, 0.15) is 41.4 Å². The lowest BCUT2D eigenvalue weighted by molar-refractivity contribution is 0.414. The number of hydrogen-bond acceptors (Lipinski definition) is 3. The van der Waals surface area contributed by atoms with E-state index in [1.807, 2.05) is 12.1 Å². The standard InChI is InChI=1S/C16H18ClNOS/c1-10(11-3-5-12(19-2)6-4-11)18-14-7-8-15-13(14)9-16(17)20-15/h3-6,9-10,14,18H,7-8H2,1-2H3/t10-,14?/m1/s1. The van der Waals surface area contributed by atoms with Gasteiger partial charge in [0, 0.05) is 17.0 Å². The van der Waals surface area contributed by atoms with Crippen LogP contribution in [-0.4, -0.2) is 7.11 Å². The van der Waals surface area contributed by atoms with Gasteiger partial charge in [0.15, 0.2) is 0 Å². The van der Waals surface area contributed by atoms with Crippen LogP contribution in [0, 0.1) is 0 Å². The number of aryl methyl sites for hydroxylation is 1. The van der Waals surface area contributed by atoms with Gasteiger partial charge in [-0.05, 0) is 49.1 Å². The molecule has 0 amide bonds. The third-order valence-corrected chi connectivity index (χ3v) is 5.25. The summed E-state index contributed by atoms with van der Waals surface area (Å²) in [7, 11) is 1.69. The number of fused-ring (bicyclic) bond motifs is 1. The van der Waals surface area contributed by atoms with Crippen molar-refractivity contribution in [2.45, 2.75) is 31.8 Å². The Bertz CT molecular complexity index is 593. The van der Waals surface area contributed by atoms with E-state index in [1.54, 1.807) is 18.4 Å². The van der Waals surface area contributed by atoms with Crippen LogP contribution in [0.4, 0.5) is 0 Å². The summed E-state index contributed by atoms with van der Waals surface area (Å²) >= 11 is 7.82. The summed E-state index contributed by atoms with van der Waals surface area (Å²) in [4.78, 5) is 1.44. The molecule has 2 atom stereocenters. The maximum atomic E-state index is 6.11. The van der Waals surface area contributed by atoms with Gasteiger partial charge in [-0.25, -0.2) is 0 Å². The Hall–Kier alpha value is -1.03. The fraction of sp³-hybridized carbons (Fsp3) is 0.375. The van der Waals surface area contributed by atoms with Gasteiger partial charge in [-0.3, -0.25) is 0 Å². The highest BCUT2D eigenvalue weighted by Gasteiger charge is 2.26. The Kier molecular flexibility index (Phi) is 4.01. The molecule has 1 aromatic carbocycles. The van der Waals surface area contributed by atoms with E-state index in [2.05, 4.69) is 30.4 Å². The predicted molar refractivity (Wildman–Crippen MR) is 84.9 cm³/mol. The lowest BCUT2D eigenvalue weighted by atomic mass is 10.1. The zero-order valence-electron chi connectivity index (χ0n) is 11.7. The van der Waals surface area contributed by atoms with Crippen molar-refractivity contribution in [3.05, 3.63) is 50.7 Å². The summed E-state index contributed by atoms with van der Waals surface area (Å²) in [6, 6.07) is 11.1. The minimum absolute atomic E-state index is 0.315. The molecule has 0 spiro atoms. The van der Waals surface area contributed by atoms with Gasteiger partial charge in [0.05, 0.1) is 11.4 Å². The number of methoxy groups -OCH3 is 1. The SMILES string of the molecule is COc1ccc([C@@H](C)NC2CCc3sc(Cl)cc32)cc1. The zero-order chi connectivity index (χ0) is 14.1. The van der Waals surface area contributed by atoms with E-state index in [-0.39, 0.29) is 0 Å². The second-order valence-electron chi connectivity index (χ2n) is 5.18. The van der Waals surface area contributed by atoms with E-state index in [9.17, 15) is 0 Å². The van der Waals surface area contributed by atoms with E-state index < -0.39 is 0 Å². The molecule has 0 saturated heterocycles. The van der Waals surface area contributed by atoms with Gasteiger partial charge in [-0.2, -0.15) is 0 Å². The topological polar surface area (TPSA) is 21.3 Å². The molecular formula is C16H18ClNOS. The van der Waals surface area contributed by atoms with Crippen molar-refractivity contribution < 1.29 is 4.74 Å². The van der Waals surface area contributed by atoms with Crippen molar-refractivity contribution in [3.63, 3.8) is 0 Å². The maximum absolute atomic E-state index is 6.11. The van der Waals surface area contributed by atoms with Gasteiger partial charge in [0.25, 0.3) is 0 Å². The second-order valence-corrected chi connectivity index (χ2v) is 6.95. The molecule has 1 aliphatic carbocycles. The fourth-order valence-corrected chi connectivity index (χ4v) is 4.15. The highest BCUT2D eigenvalue weighted by molar-refractivity contribution is 7.16. The minimum atomic E-state index is 0.315. The first-order valence-corrected chi connectivity index (χ1v) is 8.05. The van der Waals surface area contributed by atoms with Crippen LogP contribution in [0.5, 0.6) is 5.75 Å². The van der Waals surface area contributed by atoms with Crippen LogP contribution in [0.15, 0.2) is 30.3 Å². The third-order valence-electron chi connectivity index (χ3n) is 3.91. The molecule has 0 radical (unpaired) electrons. The van der Waals surface area contributed by atoms with E-state index >= 15 is 0 Å². The quantitative estimate of drug-likeness (QED) is 0.880. The average molecular weight is 308 g/mol. The van der Waals surface area contributed by atoms with Crippen LogP contribution in [0.25, 0.3) is 0 Å². The summed E-state index contributed by atoms with van der Waals surface area (Å²) in [5.74, 6) is 0.897. The second kappa shape index (κ2) is 5.76. The Labute approximate surface area is 128 Å². The summed E-state index contributed by atoms with van der Waals surface area (Å²) in [6.45, 7) is 2.20. The molecule has 0 fully saturated rings. The molecule has 4 heteroatoms. The molecule has 20 heavy (non-hydrogen) atoms. The largest absolute Gasteiger partial charge is 0.497 e. The highest BCUT2D eigenvalue weighted by atomic mass is 35.5. The maximum Gasteiger partial charge on any atom is 0.118 e. The molecule has 1 aromatic heterocycles. The smallest absolute Gasteiger partial charge is 0.118 e. The summed E-state index contributed by atoms with van der Waals surface area (Å²) in [6.07, 6.45) is 2.30. The van der Waals surface area contributed by atoms with Crippen molar-refractivity contribution in [3.8, 4) is 5.75 Å². The van der Waals surface area contributed by atoms with Crippen LogP contribution in [0.2, 0.25) is 4.34 Å². The van der Waals surface area contributed by atoms with Gasteiger partial charge in [0.2, 0.25) is 0 Å². The number of ether oxygens (including phenoxy) is 1. The van der Waals surface area contributed by atoms with Crippen LogP contribution in [-0.2, 0) is 6.42 Å². The lowest BCUT2D eigenvalue weighted by Crippen LogP contribution is -2.22. The molecule has 1 unspecified atom stereocenters. The Morgan fingerprint density at radius 1 is 1.35 bits per heavy atom. The number of benzene rings is 1. The summed E-state index contributed by atoms with van der Waals surface area (Å²) in [5, 5.41) is 3.71. The number of hydrogen-bond donors (Lipinski definition) is 1. The van der Waals surface area contributed by atoms with Crippen molar-refractivity contribution in [1.29, 1.82) is 0 Å². The fourth-order valence-electron chi connectivity index (χ4n) is 2.79. The summed E-state index contributed by atoms with van der Waals surface area (Å²) in [5.41, 5.74) is 2.67. The normalized spacial score (nSPS) is 18.9. The van der Waals surface area contributed by atoms with E-state index in [0.29, 0.717) is 12.1 Å². The monoisotopic (exact) mass is 307 g/mol. The molecule has 1 aliphatic rings. The van der Waals surface area contributed by atoms with Crippen LogP contribution < -0.4 is 10.1 Å². The molecule has 1 N–H and O–H groups in total. The molecule has 0 aliphatic heterocycles. The van der Waals surface area contributed by atoms with E-state index in [1.165, 1.54) is 22.4 Å². The number of halogens is 1. The predicted octanol–water partition coefficient (Wildman–Crippen LogP) is 4.75. The van der Waals surface area contributed by atoms with Gasteiger partial charge >= 0.3 is 0 Å². The summed E-state index contributed by atoms with van der Waals surface area (Å²) < 4.78 is 6.10. The molecule has 3 rings (SSSR count). The van der Waals surface area contributed by atoms with Gasteiger partial charge in [0.1, 0.15) is 5.75 Å². The van der Waals surface area contributed by atoms with Crippen molar-refractivity contribution in [1.82, 2.24) is 5.32 Å². The molecular weight excluding hydrogens is 290 g/mol. The minimum Gasteiger partial charge on any atom is -0.497 e. The lowest BCUT2D eigenvalue weighted by Gasteiger charge is -2.20. The Balaban J connectivity index is 1.71. The van der Waals surface area contributed by atoms with Crippen molar-refractivity contribution >= 4 is 22.9 Å². The highest BCUT2D eigenvalue weighted by Crippen LogP contribution is 2.40. The molecule has 1 heterocycles. The van der Waals surface area contributed by atoms with Gasteiger partial charge in [-0.1, -0.05) is 23.7 Å². The molecule has 2 aromatic rings. The zero-order valence-corrected chi connectivity index (χ0v) is 13.2. The van der Waals surface area contributed by atoms with Crippen LogP contribution >= 0.6 is 22.9 Å². The number of thiophene rings is 1. The Morgan fingerprint density at radius 2 is 2.10 bits per heavy atom. The van der Waals surface area contributed by atoms with Gasteiger partial charge < -0.3 is 10.1 Å². The first-order valence-electron chi connectivity index (χ1n) is 6.85. The van der Waals surface area contributed by atoms with Crippen molar-refractivity contribution in [2.75, 3.05) is 7.11 Å². The molecule has 2 nitrogen and oxygen atoms in total. The number of rotatable bonds is 4. The van der Waals surface area contributed by atoms with E-state index in [0.717, 1.165) is 16.5 Å². The molecule has 106 valence electrons. The molecule has 0 bridgehead atoms. The third kappa shape index (κ3) is 2.71. The van der Waals surface area contributed by atoms with Crippen LogP contribution in [0.3, 0.4) is 0 Å². The van der Waals surface area contributed by atoms with Gasteiger partial charge in [-0.15, -0.1) is 11.3 Å².